The van der Waals surface area contributed by atoms with E-state index in [-0.39, 0.29) is 0 Å². The standard InChI is InChI=1S/C10H21NO/c1-2-3-4-5-6-7-8-10(12)9-11/h9,12H,2-8,11H2,1H3. The number of unbranched alkanes of at least 4 members (excludes halogenated alkanes) is 5. The van der Waals surface area contributed by atoms with Gasteiger partial charge in [0, 0.05) is 12.6 Å². The molecule has 0 aliphatic rings. The Morgan fingerprint density at radius 2 is 1.75 bits per heavy atom. The third-order valence-electron chi connectivity index (χ3n) is 1.98. The first-order valence-corrected chi connectivity index (χ1v) is 4.91. The van der Waals surface area contributed by atoms with Crippen LogP contribution in [-0.4, -0.2) is 5.11 Å². The van der Waals surface area contributed by atoms with E-state index in [1.807, 2.05) is 0 Å². The lowest BCUT2D eigenvalue weighted by atomic mass is 10.1. The zero-order valence-corrected chi connectivity index (χ0v) is 8.05. The monoisotopic (exact) mass is 171 g/mol. The fraction of sp³-hybridized carbons (Fsp3) is 0.800. The minimum Gasteiger partial charge on any atom is -0.511 e. The van der Waals surface area contributed by atoms with Crippen LogP contribution in [0.15, 0.2) is 12.0 Å². The molecule has 0 unspecified atom stereocenters. The lowest BCUT2D eigenvalue weighted by Crippen LogP contribution is -1.88. The Morgan fingerprint density at radius 3 is 2.33 bits per heavy atom. The molecule has 12 heavy (non-hydrogen) atoms. The lowest BCUT2D eigenvalue weighted by Gasteiger charge is -1.99. The molecule has 0 heterocycles. The van der Waals surface area contributed by atoms with Crippen LogP contribution in [0, 0.1) is 0 Å². The van der Waals surface area contributed by atoms with Gasteiger partial charge < -0.3 is 10.8 Å². The van der Waals surface area contributed by atoms with Crippen molar-refractivity contribution >= 4 is 0 Å². The minimum absolute atomic E-state index is 0.325. The van der Waals surface area contributed by atoms with Crippen molar-refractivity contribution in [3.05, 3.63) is 12.0 Å². The van der Waals surface area contributed by atoms with Gasteiger partial charge in [0.2, 0.25) is 0 Å². The number of rotatable bonds is 7. The summed E-state index contributed by atoms with van der Waals surface area (Å²) in [6.07, 6.45) is 9.51. The van der Waals surface area contributed by atoms with E-state index in [9.17, 15) is 0 Å². The average Bonchev–Trinajstić information content (AvgIpc) is 2.10. The van der Waals surface area contributed by atoms with Crippen molar-refractivity contribution in [2.24, 2.45) is 5.73 Å². The maximum Gasteiger partial charge on any atom is 0.108 e. The quantitative estimate of drug-likeness (QED) is 0.456. The van der Waals surface area contributed by atoms with Crippen LogP contribution in [0.2, 0.25) is 0 Å². The van der Waals surface area contributed by atoms with Gasteiger partial charge in [-0.3, -0.25) is 0 Å². The summed E-state index contributed by atoms with van der Waals surface area (Å²) in [7, 11) is 0. The Kier molecular flexibility index (Phi) is 7.97. The summed E-state index contributed by atoms with van der Waals surface area (Å²) < 4.78 is 0. The van der Waals surface area contributed by atoms with E-state index in [1.54, 1.807) is 0 Å². The Morgan fingerprint density at radius 1 is 1.17 bits per heavy atom. The highest BCUT2D eigenvalue weighted by molar-refractivity contribution is 4.85. The first kappa shape index (κ1) is 11.3. The van der Waals surface area contributed by atoms with Crippen molar-refractivity contribution in [3.8, 4) is 0 Å². The van der Waals surface area contributed by atoms with Crippen LogP contribution < -0.4 is 5.73 Å². The van der Waals surface area contributed by atoms with Gasteiger partial charge in [0.05, 0.1) is 0 Å². The van der Waals surface area contributed by atoms with Crippen LogP contribution in [0.4, 0.5) is 0 Å². The van der Waals surface area contributed by atoms with E-state index in [0.29, 0.717) is 5.76 Å². The number of aliphatic hydroxyl groups is 1. The van der Waals surface area contributed by atoms with Crippen LogP contribution in [0.5, 0.6) is 0 Å². The number of nitrogens with two attached hydrogens (primary N) is 1. The fourth-order valence-corrected chi connectivity index (χ4v) is 1.17. The van der Waals surface area contributed by atoms with Gasteiger partial charge >= 0.3 is 0 Å². The summed E-state index contributed by atoms with van der Waals surface area (Å²) in [4.78, 5) is 0. The largest absolute Gasteiger partial charge is 0.511 e. The van der Waals surface area contributed by atoms with Crippen molar-refractivity contribution < 1.29 is 5.11 Å². The molecule has 0 fully saturated rings. The van der Waals surface area contributed by atoms with E-state index in [1.165, 1.54) is 38.3 Å². The number of hydrogen-bond donors (Lipinski definition) is 2. The van der Waals surface area contributed by atoms with Crippen LogP contribution in [0.3, 0.4) is 0 Å². The maximum atomic E-state index is 9.00. The third kappa shape index (κ3) is 7.45. The van der Waals surface area contributed by atoms with Crippen molar-refractivity contribution in [2.75, 3.05) is 0 Å². The van der Waals surface area contributed by atoms with E-state index in [0.717, 1.165) is 12.8 Å². The summed E-state index contributed by atoms with van der Waals surface area (Å²) in [6, 6.07) is 0. The predicted molar refractivity (Wildman–Crippen MR) is 52.9 cm³/mol. The van der Waals surface area contributed by atoms with Crippen molar-refractivity contribution in [3.63, 3.8) is 0 Å². The van der Waals surface area contributed by atoms with Gasteiger partial charge in [-0.1, -0.05) is 39.0 Å². The molecule has 0 aromatic rings. The maximum absolute atomic E-state index is 9.00. The molecule has 0 aromatic carbocycles. The molecule has 0 aliphatic carbocycles. The van der Waals surface area contributed by atoms with E-state index < -0.39 is 0 Å². The molecule has 3 N–H and O–H groups in total. The van der Waals surface area contributed by atoms with Crippen LogP contribution in [-0.2, 0) is 0 Å². The van der Waals surface area contributed by atoms with Gasteiger partial charge in [0.25, 0.3) is 0 Å². The smallest absolute Gasteiger partial charge is 0.108 e. The van der Waals surface area contributed by atoms with Gasteiger partial charge in [0.1, 0.15) is 5.76 Å². The summed E-state index contributed by atoms with van der Waals surface area (Å²) in [5.74, 6) is 0.325. The highest BCUT2D eigenvalue weighted by atomic mass is 16.3. The van der Waals surface area contributed by atoms with Crippen LogP contribution in [0.25, 0.3) is 0 Å². The van der Waals surface area contributed by atoms with Gasteiger partial charge in [-0.15, -0.1) is 0 Å². The van der Waals surface area contributed by atoms with E-state index in [2.05, 4.69) is 6.92 Å². The molecular formula is C10H21NO. The van der Waals surface area contributed by atoms with E-state index >= 15 is 0 Å². The van der Waals surface area contributed by atoms with Crippen molar-refractivity contribution in [2.45, 2.75) is 51.9 Å². The second-order valence-electron chi connectivity index (χ2n) is 3.18. The Hall–Kier alpha value is -0.660. The molecule has 0 aliphatic heterocycles. The molecule has 0 spiro atoms. The van der Waals surface area contributed by atoms with Gasteiger partial charge in [-0.25, -0.2) is 0 Å². The van der Waals surface area contributed by atoms with Crippen LogP contribution >= 0.6 is 0 Å². The first-order chi connectivity index (χ1) is 5.81. The molecule has 2 nitrogen and oxygen atoms in total. The van der Waals surface area contributed by atoms with Crippen LogP contribution in [0.1, 0.15) is 51.9 Å². The Bertz CT molecular complexity index is 121. The molecule has 0 radical (unpaired) electrons. The first-order valence-electron chi connectivity index (χ1n) is 4.91. The number of aliphatic hydroxyl groups excluding tert-OH is 1. The molecular weight excluding hydrogens is 150 g/mol. The second-order valence-corrected chi connectivity index (χ2v) is 3.18. The zero-order valence-electron chi connectivity index (χ0n) is 8.05. The summed E-state index contributed by atoms with van der Waals surface area (Å²) in [5.41, 5.74) is 5.12. The average molecular weight is 171 g/mol. The number of allylic oxidation sites excluding steroid dienone is 1. The molecule has 0 atom stereocenters. The molecule has 0 aromatic heterocycles. The summed E-state index contributed by atoms with van der Waals surface area (Å²) >= 11 is 0. The zero-order chi connectivity index (χ0) is 9.23. The highest BCUT2D eigenvalue weighted by Crippen LogP contribution is 2.09. The minimum atomic E-state index is 0.325. The topological polar surface area (TPSA) is 46.2 Å². The predicted octanol–water partition coefficient (Wildman–Crippen LogP) is 3.10. The normalized spacial score (nSPS) is 11.9. The molecule has 2 heteroatoms. The van der Waals surface area contributed by atoms with Gasteiger partial charge in [-0.05, 0) is 6.42 Å². The van der Waals surface area contributed by atoms with Crippen molar-refractivity contribution in [1.82, 2.24) is 0 Å². The molecule has 72 valence electrons. The summed E-state index contributed by atoms with van der Waals surface area (Å²) in [5, 5.41) is 9.00. The molecule has 0 amide bonds. The second kappa shape index (κ2) is 8.44. The van der Waals surface area contributed by atoms with Gasteiger partial charge in [-0.2, -0.15) is 0 Å². The molecule has 0 rings (SSSR count). The van der Waals surface area contributed by atoms with Gasteiger partial charge in [0.15, 0.2) is 0 Å². The SMILES string of the molecule is CCCCCCCCC(O)=CN. The number of hydrogen-bond acceptors (Lipinski definition) is 2. The van der Waals surface area contributed by atoms with Crippen molar-refractivity contribution in [1.29, 1.82) is 0 Å². The Labute approximate surface area is 75.5 Å². The third-order valence-corrected chi connectivity index (χ3v) is 1.98. The molecule has 0 saturated heterocycles. The highest BCUT2D eigenvalue weighted by Gasteiger charge is 1.92. The molecule has 0 saturated carbocycles. The molecule has 0 bridgehead atoms. The van der Waals surface area contributed by atoms with E-state index in [4.69, 9.17) is 10.8 Å². The summed E-state index contributed by atoms with van der Waals surface area (Å²) in [6.45, 7) is 2.21. The fourth-order valence-electron chi connectivity index (χ4n) is 1.17. The Balaban J connectivity index is 3.00. The lowest BCUT2D eigenvalue weighted by molar-refractivity contribution is 0.378.